The molecule has 27 heavy (non-hydrogen) atoms. The van der Waals surface area contributed by atoms with Gasteiger partial charge >= 0.3 is 12.1 Å². The summed E-state index contributed by atoms with van der Waals surface area (Å²) in [6.07, 6.45) is -5.17. The molecule has 0 aliphatic heterocycles. The first-order valence-electron chi connectivity index (χ1n) is 8.17. The van der Waals surface area contributed by atoms with E-state index in [0.717, 1.165) is 0 Å². The number of benzene rings is 1. The van der Waals surface area contributed by atoms with Gasteiger partial charge in [-0.1, -0.05) is 29.4 Å². The van der Waals surface area contributed by atoms with Crippen molar-refractivity contribution in [1.29, 1.82) is 0 Å². The minimum absolute atomic E-state index is 0.114. The molecule has 0 bridgehead atoms. The predicted molar refractivity (Wildman–Crippen MR) is 83.5 cm³/mol. The molecule has 1 amide bonds. The molecule has 5 nitrogen and oxygen atoms in total. The summed E-state index contributed by atoms with van der Waals surface area (Å²) in [5.74, 6) is -6.48. The van der Waals surface area contributed by atoms with Crippen molar-refractivity contribution in [1.82, 2.24) is 15.0 Å². The standard InChI is InChI=1S/C17H16F5N3O2/c1-9(2)25(14(26)12-7-16(12,18)19)8-10-3-5-11(6-4-10)13-23-15(27-24-13)17(20,21)22/h3-6,9,12H,7-8H2,1-2H3. The second-order valence-electron chi connectivity index (χ2n) is 6.70. The number of aromatic nitrogens is 2. The summed E-state index contributed by atoms with van der Waals surface area (Å²) in [4.78, 5) is 16.9. The highest BCUT2D eigenvalue weighted by Crippen LogP contribution is 2.49. The largest absolute Gasteiger partial charge is 0.471 e. The van der Waals surface area contributed by atoms with Crippen molar-refractivity contribution in [3.05, 3.63) is 35.7 Å². The minimum Gasteiger partial charge on any atom is -0.336 e. The average molecular weight is 389 g/mol. The van der Waals surface area contributed by atoms with Crippen molar-refractivity contribution in [3.63, 3.8) is 0 Å². The molecule has 146 valence electrons. The highest BCUT2D eigenvalue weighted by atomic mass is 19.4. The Hall–Kier alpha value is -2.52. The summed E-state index contributed by atoms with van der Waals surface area (Å²) < 4.78 is 68.1. The van der Waals surface area contributed by atoms with Crippen molar-refractivity contribution < 1.29 is 31.3 Å². The first-order chi connectivity index (χ1) is 12.5. The van der Waals surface area contributed by atoms with E-state index in [2.05, 4.69) is 14.7 Å². The van der Waals surface area contributed by atoms with E-state index in [-0.39, 0.29) is 18.4 Å². The number of nitrogens with zero attached hydrogens (tertiary/aromatic N) is 3. The number of hydrogen-bond acceptors (Lipinski definition) is 4. The van der Waals surface area contributed by atoms with Crippen LogP contribution >= 0.6 is 0 Å². The normalized spacial score (nSPS) is 18.6. The molecule has 0 saturated heterocycles. The van der Waals surface area contributed by atoms with E-state index >= 15 is 0 Å². The zero-order chi connectivity index (χ0) is 20.0. The highest BCUT2D eigenvalue weighted by molar-refractivity contribution is 5.83. The van der Waals surface area contributed by atoms with Crippen LogP contribution in [-0.4, -0.2) is 32.9 Å². The monoisotopic (exact) mass is 389 g/mol. The Kier molecular flexibility index (Phi) is 4.69. The SMILES string of the molecule is CC(C)N(Cc1ccc(-c2noc(C(F)(F)F)n2)cc1)C(=O)C1CC1(F)F. The Morgan fingerprint density at radius 2 is 1.89 bits per heavy atom. The number of halogens is 5. The summed E-state index contributed by atoms with van der Waals surface area (Å²) >= 11 is 0. The molecular weight excluding hydrogens is 373 g/mol. The third-order valence-electron chi connectivity index (χ3n) is 4.26. The second kappa shape index (κ2) is 6.58. The number of amides is 1. The lowest BCUT2D eigenvalue weighted by atomic mass is 10.1. The lowest BCUT2D eigenvalue weighted by Gasteiger charge is -2.27. The molecule has 0 N–H and O–H groups in total. The molecule has 0 radical (unpaired) electrons. The molecule has 10 heteroatoms. The van der Waals surface area contributed by atoms with Crippen LogP contribution in [0.1, 0.15) is 31.7 Å². The molecule has 1 aromatic heterocycles. The first-order valence-corrected chi connectivity index (χ1v) is 8.17. The third-order valence-corrected chi connectivity index (χ3v) is 4.26. The molecule has 1 fully saturated rings. The Labute approximate surface area is 151 Å². The van der Waals surface area contributed by atoms with Crippen LogP contribution in [0.4, 0.5) is 22.0 Å². The van der Waals surface area contributed by atoms with Crippen molar-refractivity contribution in [2.24, 2.45) is 5.92 Å². The van der Waals surface area contributed by atoms with E-state index in [1.54, 1.807) is 26.0 Å². The maximum Gasteiger partial charge on any atom is 0.471 e. The lowest BCUT2D eigenvalue weighted by molar-refractivity contribution is -0.159. The van der Waals surface area contributed by atoms with Gasteiger partial charge in [0.15, 0.2) is 0 Å². The van der Waals surface area contributed by atoms with Gasteiger partial charge in [0.05, 0.1) is 0 Å². The fourth-order valence-electron chi connectivity index (χ4n) is 2.61. The summed E-state index contributed by atoms with van der Waals surface area (Å²) in [6.45, 7) is 3.57. The van der Waals surface area contributed by atoms with Crippen molar-refractivity contribution in [3.8, 4) is 11.4 Å². The van der Waals surface area contributed by atoms with Crippen LogP contribution in [0.15, 0.2) is 28.8 Å². The molecule has 1 aliphatic carbocycles. The molecule has 1 saturated carbocycles. The first kappa shape index (κ1) is 19.2. The van der Waals surface area contributed by atoms with E-state index in [9.17, 15) is 26.7 Å². The molecule has 1 unspecified atom stereocenters. The topological polar surface area (TPSA) is 59.2 Å². The molecule has 0 spiro atoms. The van der Waals surface area contributed by atoms with Gasteiger partial charge in [-0.05, 0) is 19.4 Å². The number of carbonyl (C=O) groups is 1. The fraction of sp³-hybridized carbons (Fsp3) is 0.471. The predicted octanol–water partition coefficient (Wildman–Crippen LogP) is 4.15. The van der Waals surface area contributed by atoms with Crippen LogP contribution in [0.25, 0.3) is 11.4 Å². The van der Waals surface area contributed by atoms with E-state index in [4.69, 9.17) is 0 Å². The molecule has 3 rings (SSSR count). The molecule has 1 heterocycles. The van der Waals surface area contributed by atoms with Crippen LogP contribution in [0.3, 0.4) is 0 Å². The number of rotatable bonds is 5. The van der Waals surface area contributed by atoms with Gasteiger partial charge in [0.1, 0.15) is 5.92 Å². The molecular formula is C17H16F5N3O2. The Bertz CT molecular complexity index is 830. The van der Waals surface area contributed by atoms with Gasteiger partial charge < -0.3 is 9.42 Å². The number of alkyl halides is 5. The average Bonchev–Trinajstić information content (AvgIpc) is 2.98. The van der Waals surface area contributed by atoms with Crippen LogP contribution in [0, 0.1) is 5.92 Å². The zero-order valence-electron chi connectivity index (χ0n) is 14.4. The summed E-state index contributed by atoms with van der Waals surface area (Å²) in [5.41, 5.74) is 0.943. The van der Waals surface area contributed by atoms with Crippen molar-refractivity contribution in [2.45, 2.75) is 45.0 Å². The quantitative estimate of drug-likeness (QED) is 0.721. The van der Waals surface area contributed by atoms with E-state index < -0.39 is 36.2 Å². The molecule has 2 aromatic rings. The molecule has 1 aliphatic rings. The van der Waals surface area contributed by atoms with Crippen LogP contribution in [0.2, 0.25) is 0 Å². The van der Waals surface area contributed by atoms with Crippen molar-refractivity contribution >= 4 is 5.91 Å². The van der Waals surface area contributed by atoms with E-state index in [1.165, 1.54) is 17.0 Å². The summed E-state index contributed by atoms with van der Waals surface area (Å²) in [6, 6.07) is 5.84. The van der Waals surface area contributed by atoms with Gasteiger partial charge in [-0.2, -0.15) is 18.2 Å². The van der Waals surface area contributed by atoms with Crippen LogP contribution in [-0.2, 0) is 17.5 Å². The third kappa shape index (κ3) is 4.09. The minimum atomic E-state index is -4.73. The fourth-order valence-corrected chi connectivity index (χ4v) is 2.61. The van der Waals surface area contributed by atoms with Crippen LogP contribution in [0.5, 0.6) is 0 Å². The smallest absolute Gasteiger partial charge is 0.336 e. The Morgan fingerprint density at radius 3 is 2.33 bits per heavy atom. The van der Waals surface area contributed by atoms with Gasteiger partial charge in [0.2, 0.25) is 11.7 Å². The van der Waals surface area contributed by atoms with Gasteiger partial charge in [-0.3, -0.25) is 4.79 Å². The Morgan fingerprint density at radius 1 is 1.30 bits per heavy atom. The molecule has 1 atom stereocenters. The maximum atomic E-state index is 13.2. The summed E-state index contributed by atoms with van der Waals surface area (Å²) in [5, 5.41) is 3.29. The van der Waals surface area contributed by atoms with Crippen LogP contribution < -0.4 is 0 Å². The zero-order valence-corrected chi connectivity index (χ0v) is 14.4. The molecule has 1 aromatic carbocycles. The van der Waals surface area contributed by atoms with Crippen molar-refractivity contribution in [2.75, 3.05) is 0 Å². The van der Waals surface area contributed by atoms with Gasteiger partial charge in [0, 0.05) is 24.6 Å². The summed E-state index contributed by atoms with van der Waals surface area (Å²) in [7, 11) is 0. The van der Waals surface area contributed by atoms with Gasteiger partial charge in [-0.25, -0.2) is 8.78 Å². The lowest BCUT2D eigenvalue weighted by Crippen LogP contribution is -2.38. The number of hydrogen-bond donors (Lipinski definition) is 0. The highest BCUT2D eigenvalue weighted by Gasteiger charge is 2.62. The maximum absolute atomic E-state index is 13.2. The van der Waals surface area contributed by atoms with E-state index in [1.807, 2.05) is 0 Å². The van der Waals surface area contributed by atoms with Gasteiger partial charge in [-0.15, -0.1) is 0 Å². The number of carbonyl (C=O) groups excluding carboxylic acids is 1. The second-order valence-corrected chi connectivity index (χ2v) is 6.70. The Balaban J connectivity index is 1.73. The van der Waals surface area contributed by atoms with Gasteiger partial charge in [0.25, 0.3) is 5.92 Å². The van der Waals surface area contributed by atoms with E-state index in [0.29, 0.717) is 11.1 Å².